The van der Waals surface area contributed by atoms with Crippen molar-refractivity contribution in [3.63, 3.8) is 0 Å². The number of amides is 1. The number of nitrogens with one attached hydrogen (secondary N) is 1. The van der Waals surface area contributed by atoms with Gasteiger partial charge in [0.15, 0.2) is 0 Å². The number of hydrogen-bond acceptors (Lipinski definition) is 5. The van der Waals surface area contributed by atoms with E-state index in [1.165, 1.54) is 0 Å². The fraction of sp³-hybridized carbons (Fsp3) is 0.929. The topological polar surface area (TPSA) is 102 Å². The van der Waals surface area contributed by atoms with Crippen LogP contribution < -0.4 is 10.5 Å². The Hall–Kier alpha value is -0.410. The molecular weight excluding hydrogens is 342 g/mol. The number of sulfonamides is 1. The van der Waals surface area contributed by atoms with E-state index >= 15 is 0 Å². The zero-order valence-electron chi connectivity index (χ0n) is 14.2. The van der Waals surface area contributed by atoms with Gasteiger partial charge in [-0.1, -0.05) is 6.92 Å². The van der Waals surface area contributed by atoms with Gasteiger partial charge in [-0.25, -0.2) is 13.1 Å². The zero-order chi connectivity index (χ0) is 16.8. The lowest BCUT2D eigenvalue weighted by Gasteiger charge is -2.38. The van der Waals surface area contributed by atoms with Crippen molar-refractivity contribution in [3.8, 4) is 0 Å². The summed E-state index contributed by atoms with van der Waals surface area (Å²) in [6.07, 6.45) is 1.78. The molecule has 0 saturated carbocycles. The fourth-order valence-corrected chi connectivity index (χ4v) is 3.35. The van der Waals surface area contributed by atoms with Gasteiger partial charge in [-0.2, -0.15) is 0 Å². The molecule has 1 aliphatic rings. The summed E-state index contributed by atoms with van der Waals surface area (Å²) in [5.74, 6) is 0.189. The van der Waals surface area contributed by atoms with E-state index in [1.807, 2.05) is 13.8 Å². The number of rotatable bonds is 8. The number of carbonyl (C=O) groups is 1. The molecule has 0 bridgehead atoms. The van der Waals surface area contributed by atoms with E-state index in [4.69, 9.17) is 10.5 Å². The van der Waals surface area contributed by atoms with Crippen LogP contribution >= 0.6 is 12.4 Å². The molecule has 2 atom stereocenters. The summed E-state index contributed by atoms with van der Waals surface area (Å²) >= 11 is 0. The molecule has 1 heterocycles. The van der Waals surface area contributed by atoms with Crippen LogP contribution in [0, 0.1) is 5.92 Å². The maximum absolute atomic E-state index is 12.2. The Morgan fingerprint density at radius 2 is 2.09 bits per heavy atom. The molecule has 0 radical (unpaired) electrons. The number of ether oxygens (including phenoxy) is 1. The molecule has 3 N–H and O–H groups in total. The minimum Gasteiger partial charge on any atom is -0.378 e. The molecule has 7 nitrogen and oxygen atoms in total. The molecule has 1 rings (SSSR count). The summed E-state index contributed by atoms with van der Waals surface area (Å²) < 4.78 is 31.2. The molecule has 23 heavy (non-hydrogen) atoms. The third-order valence-corrected chi connectivity index (χ3v) is 5.11. The number of hydrogen-bond donors (Lipinski definition) is 2. The second-order valence-electron chi connectivity index (χ2n) is 6.17. The fourth-order valence-electron chi connectivity index (χ4n) is 2.54. The van der Waals surface area contributed by atoms with Crippen molar-refractivity contribution in [2.45, 2.75) is 45.8 Å². The second-order valence-corrected chi connectivity index (χ2v) is 8.09. The standard InChI is InChI=1S/C14H29N3O4S.ClH/c1-11(2)21-6-7-22(19,20)16-10-14(18)17-5-4-12(3)8-13(17)9-15;/h11-13,16H,4-10,15H2,1-3H3;1H. The molecule has 138 valence electrons. The molecule has 0 aromatic carbocycles. The smallest absolute Gasteiger partial charge is 0.237 e. The maximum atomic E-state index is 12.2. The summed E-state index contributed by atoms with van der Waals surface area (Å²) in [6, 6.07) is 0.00466. The molecule has 1 aliphatic heterocycles. The van der Waals surface area contributed by atoms with Crippen LogP contribution in [0.4, 0.5) is 0 Å². The van der Waals surface area contributed by atoms with Gasteiger partial charge in [0.25, 0.3) is 0 Å². The van der Waals surface area contributed by atoms with Crippen molar-refractivity contribution in [2.75, 3.05) is 32.0 Å². The summed E-state index contributed by atoms with van der Waals surface area (Å²) in [7, 11) is -3.50. The van der Waals surface area contributed by atoms with Crippen molar-refractivity contribution < 1.29 is 17.9 Å². The van der Waals surface area contributed by atoms with Crippen molar-refractivity contribution in [2.24, 2.45) is 11.7 Å². The highest BCUT2D eigenvalue weighted by atomic mass is 35.5. The molecule has 2 unspecified atom stereocenters. The Morgan fingerprint density at radius 3 is 2.65 bits per heavy atom. The molecule has 0 aliphatic carbocycles. The molecule has 9 heteroatoms. The van der Waals surface area contributed by atoms with Crippen LogP contribution in [0.3, 0.4) is 0 Å². The SMILES string of the molecule is CC1CCN(C(=O)CNS(=O)(=O)CCOC(C)C)C(CN)C1.Cl. The first-order chi connectivity index (χ1) is 10.2. The van der Waals surface area contributed by atoms with Crippen LogP contribution in [0.25, 0.3) is 0 Å². The number of nitrogens with two attached hydrogens (primary N) is 1. The number of halogens is 1. The predicted molar refractivity (Wildman–Crippen MR) is 93.1 cm³/mol. The van der Waals surface area contributed by atoms with E-state index in [9.17, 15) is 13.2 Å². The number of piperidine rings is 1. The van der Waals surface area contributed by atoms with Gasteiger partial charge in [0.05, 0.1) is 25.0 Å². The lowest BCUT2D eigenvalue weighted by Crippen LogP contribution is -2.52. The van der Waals surface area contributed by atoms with E-state index < -0.39 is 10.0 Å². The summed E-state index contributed by atoms with van der Waals surface area (Å²) in [5.41, 5.74) is 5.72. The van der Waals surface area contributed by atoms with Gasteiger partial charge in [-0.15, -0.1) is 12.4 Å². The number of carbonyl (C=O) groups excluding carboxylic acids is 1. The summed E-state index contributed by atoms with van der Waals surface area (Å²) in [6.45, 7) is 6.78. The average Bonchev–Trinajstić information content (AvgIpc) is 2.44. The lowest BCUT2D eigenvalue weighted by atomic mass is 9.92. The van der Waals surface area contributed by atoms with Crippen LogP contribution in [0.1, 0.15) is 33.6 Å². The normalized spacial score (nSPS) is 22.0. The summed E-state index contributed by atoms with van der Waals surface area (Å²) in [4.78, 5) is 13.9. The zero-order valence-corrected chi connectivity index (χ0v) is 15.8. The molecule has 1 amide bonds. The van der Waals surface area contributed by atoms with E-state index in [1.54, 1.807) is 4.90 Å². The molecule has 1 saturated heterocycles. The van der Waals surface area contributed by atoms with E-state index in [0.717, 1.165) is 12.8 Å². The minimum atomic E-state index is -3.50. The monoisotopic (exact) mass is 371 g/mol. The van der Waals surface area contributed by atoms with E-state index in [0.29, 0.717) is 19.0 Å². The van der Waals surface area contributed by atoms with Gasteiger partial charge in [-0.3, -0.25) is 4.79 Å². The number of nitrogens with zero attached hydrogens (tertiary/aromatic N) is 1. The molecule has 0 aromatic rings. The Bertz CT molecular complexity index is 459. The molecular formula is C14H30ClN3O4S. The first-order valence-corrected chi connectivity index (χ1v) is 9.49. The van der Waals surface area contributed by atoms with Gasteiger partial charge in [-0.05, 0) is 32.6 Å². The highest BCUT2D eigenvalue weighted by Crippen LogP contribution is 2.21. The number of likely N-dealkylation sites (tertiary alicyclic amines) is 1. The first-order valence-electron chi connectivity index (χ1n) is 7.83. The van der Waals surface area contributed by atoms with Crippen LogP contribution in [0.2, 0.25) is 0 Å². The lowest BCUT2D eigenvalue weighted by molar-refractivity contribution is -0.134. The summed E-state index contributed by atoms with van der Waals surface area (Å²) in [5, 5.41) is 0. The van der Waals surface area contributed by atoms with Gasteiger partial charge in [0, 0.05) is 19.1 Å². The maximum Gasteiger partial charge on any atom is 0.237 e. The van der Waals surface area contributed by atoms with Gasteiger partial charge in [0.2, 0.25) is 15.9 Å². The third-order valence-electron chi connectivity index (χ3n) is 3.82. The average molecular weight is 372 g/mol. The van der Waals surface area contributed by atoms with Gasteiger partial charge >= 0.3 is 0 Å². The predicted octanol–water partition coefficient (Wildman–Crippen LogP) is 0.338. The van der Waals surface area contributed by atoms with Gasteiger partial charge in [0.1, 0.15) is 0 Å². The molecule has 0 spiro atoms. The van der Waals surface area contributed by atoms with Crippen LogP contribution in [0.5, 0.6) is 0 Å². The highest BCUT2D eigenvalue weighted by Gasteiger charge is 2.29. The Labute approximate surface area is 145 Å². The Kier molecular flexibility index (Phi) is 10.3. The Balaban J connectivity index is 0.00000484. The van der Waals surface area contributed by atoms with Crippen molar-refractivity contribution >= 4 is 28.3 Å². The molecule has 0 aromatic heterocycles. The molecule has 1 fully saturated rings. The van der Waals surface area contributed by atoms with E-state index in [-0.39, 0.29) is 49.4 Å². The first kappa shape index (κ1) is 22.6. The van der Waals surface area contributed by atoms with Crippen LogP contribution in [-0.2, 0) is 19.6 Å². The van der Waals surface area contributed by atoms with E-state index in [2.05, 4.69) is 11.6 Å². The third kappa shape index (κ3) is 8.30. The largest absolute Gasteiger partial charge is 0.378 e. The minimum absolute atomic E-state index is 0. The van der Waals surface area contributed by atoms with Crippen molar-refractivity contribution in [3.05, 3.63) is 0 Å². The Morgan fingerprint density at radius 1 is 1.43 bits per heavy atom. The second kappa shape index (κ2) is 10.5. The van der Waals surface area contributed by atoms with Gasteiger partial charge < -0.3 is 15.4 Å². The van der Waals surface area contributed by atoms with Crippen LogP contribution in [0.15, 0.2) is 0 Å². The van der Waals surface area contributed by atoms with Crippen molar-refractivity contribution in [1.29, 1.82) is 0 Å². The highest BCUT2D eigenvalue weighted by molar-refractivity contribution is 7.89. The van der Waals surface area contributed by atoms with Crippen molar-refractivity contribution in [1.82, 2.24) is 9.62 Å². The quantitative estimate of drug-likeness (QED) is 0.640. The van der Waals surface area contributed by atoms with Crippen LogP contribution in [-0.4, -0.2) is 63.4 Å².